The normalized spacial score (nSPS) is 9.29. The molecule has 1 rings (SSSR count). The summed E-state index contributed by atoms with van der Waals surface area (Å²) in [5.74, 6) is 0. The zero-order valence-corrected chi connectivity index (χ0v) is 8.51. The molecule has 0 aromatic heterocycles. The quantitative estimate of drug-likeness (QED) is 0.409. The van der Waals surface area contributed by atoms with Crippen molar-refractivity contribution < 1.29 is 0 Å². The first kappa shape index (κ1) is 10.4. The highest BCUT2D eigenvalue weighted by atomic mass is 15.2. The zero-order valence-electron chi connectivity index (χ0n) is 8.51. The smallest absolute Gasteiger partial charge is 0.0434 e. The fourth-order valence-corrected chi connectivity index (χ4v) is 1.17. The van der Waals surface area contributed by atoms with Crippen molar-refractivity contribution in [3.63, 3.8) is 0 Å². The van der Waals surface area contributed by atoms with E-state index >= 15 is 0 Å². The number of nitrogens with zero attached hydrogens (tertiary/aromatic N) is 4. The van der Waals surface area contributed by atoms with Gasteiger partial charge in [0.2, 0.25) is 0 Å². The lowest BCUT2D eigenvalue weighted by molar-refractivity contribution is 0.879. The second-order valence-electron chi connectivity index (χ2n) is 3.21. The fraction of sp³-hybridized carbons (Fsp3) is 0.400. The molecule has 74 valence electrons. The summed E-state index contributed by atoms with van der Waals surface area (Å²) in [7, 11) is 1.98. The first-order chi connectivity index (χ1) is 6.74. The molecule has 1 aromatic rings. The van der Waals surface area contributed by atoms with Crippen molar-refractivity contribution in [3.05, 3.63) is 40.3 Å². The average molecular weight is 190 g/mol. The van der Waals surface area contributed by atoms with Crippen LogP contribution >= 0.6 is 0 Å². The number of rotatable bonds is 4. The van der Waals surface area contributed by atoms with Crippen LogP contribution in [0.25, 0.3) is 10.4 Å². The largest absolute Gasteiger partial charge is 0.374 e. The maximum atomic E-state index is 8.13. The maximum absolute atomic E-state index is 8.13. The minimum atomic E-state index is 0.501. The number of aryl methyl sites for hydroxylation is 1. The molecule has 1 aromatic carbocycles. The predicted octanol–water partition coefficient (Wildman–Crippen LogP) is 2.74. The summed E-state index contributed by atoms with van der Waals surface area (Å²) in [6.45, 7) is 3.30. The molecule has 0 saturated carbocycles. The van der Waals surface area contributed by atoms with Gasteiger partial charge in [-0.25, -0.2) is 0 Å². The van der Waals surface area contributed by atoms with E-state index in [-0.39, 0.29) is 0 Å². The topological polar surface area (TPSA) is 52.0 Å². The SMILES string of the molecule is Cc1ccc(N(C)CCN=[N+]=[N-])cc1. The minimum Gasteiger partial charge on any atom is -0.374 e. The van der Waals surface area contributed by atoms with Gasteiger partial charge in [0.15, 0.2) is 0 Å². The Labute approximate surface area is 83.8 Å². The van der Waals surface area contributed by atoms with Crippen molar-refractivity contribution in [2.75, 3.05) is 25.0 Å². The molecular weight excluding hydrogens is 176 g/mol. The van der Waals surface area contributed by atoms with Crippen LogP contribution in [0.1, 0.15) is 5.56 Å². The molecule has 0 heterocycles. The average Bonchev–Trinajstić information content (AvgIpc) is 2.19. The predicted molar refractivity (Wildman–Crippen MR) is 58.5 cm³/mol. The van der Waals surface area contributed by atoms with E-state index in [4.69, 9.17) is 5.53 Å². The standard InChI is InChI=1S/C10H14N4/c1-9-3-5-10(6-4-9)14(2)8-7-12-13-11/h3-6H,7-8H2,1-2H3. The molecule has 0 bridgehead atoms. The summed E-state index contributed by atoms with van der Waals surface area (Å²) in [6.07, 6.45) is 0. The van der Waals surface area contributed by atoms with Gasteiger partial charge in [0.1, 0.15) is 0 Å². The number of benzene rings is 1. The van der Waals surface area contributed by atoms with Gasteiger partial charge in [-0.1, -0.05) is 22.8 Å². The Balaban J connectivity index is 2.55. The van der Waals surface area contributed by atoms with E-state index in [1.165, 1.54) is 5.56 Å². The summed E-state index contributed by atoms with van der Waals surface area (Å²) in [6, 6.07) is 8.26. The van der Waals surface area contributed by atoms with Gasteiger partial charge in [-0.05, 0) is 24.6 Å². The van der Waals surface area contributed by atoms with Gasteiger partial charge in [-0.15, -0.1) is 0 Å². The number of hydrogen-bond donors (Lipinski definition) is 0. The number of azide groups is 1. The third-order valence-electron chi connectivity index (χ3n) is 2.07. The third kappa shape index (κ3) is 2.99. The first-order valence-electron chi connectivity index (χ1n) is 4.52. The zero-order chi connectivity index (χ0) is 10.4. The van der Waals surface area contributed by atoms with Crippen LogP contribution in [-0.4, -0.2) is 20.1 Å². The molecular formula is C10H14N4. The molecule has 0 radical (unpaired) electrons. The van der Waals surface area contributed by atoms with E-state index in [1.807, 2.05) is 7.05 Å². The van der Waals surface area contributed by atoms with Gasteiger partial charge in [0, 0.05) is 30.7 Å². The van der Waals surface area contributed by atoms with Crippen molar-refractivity contribution in [1.29, 1.82) is 0 Å². The van der Waals surface area contributed by atoms with E-state index in [1.54, 1.807) is 0 Å². The molecule has 0 N–H and O–H groups in total. The lowest BCUT2D eigenvalue weighted by Gasteiger charge is -2.17. The van der Waals surface area contributed by atoms with Crippen LogP contribution in [0.2, 0.25) is 0 Å². The van der Waals surface area contributed by atoms with Gasteiger partial charge < -0.3 is 4.90 Å². The van der Waals surface area contributed by atoms with Gasteiger partial charge >= 0.3 is 0 Å². The van der Waals surface area contributed by atoms with Crippen molar-refractivity contribution in [1.82, 2.24) is 0 Å². The van der Waals surface area contributed by atoms with Crippen molar-refractivity contribution >= 4 is 5.69 Å². The Kier molecular flexibility index (Phi) is 3.83. The molecule has 0 atom stereocenters. The van der Waals surface area contributed by atoms with Gasteiger partial charge in [0.05, 0.1) is 0 Å². The molecule has 0 fully saturated rings. The van der Waals surface area contributed by atoms with E-state index in [2.05, 4.69) is 46.1 Å². The highest BCUT2D eigenvalue weighted by Crippen LogP contribution is 2.12. The van der Waals surface area contributed by atoms with Crippen LogP contribution in [0.5, 0.6) is 0 Å². The minimum absolute atomic E-state index is 0.501. The molecule has 0 unspecified atom stereocenters. The van der Waals surface area contributed by atoms with E-state index < -0.39 is 0 Å². The molecule has 14 heavy (non-hydrogen) atoms. The Morgan fingerprint density at radius 1 is 1.36 bits per heavy atom. The summed E-state index contributed by atoms with van der Waals surface area (Å²) in [4.78, 5) is 4.78. The van der Waals surface area contributed by atoms with E-state index in [9.17, 15) is 0 Å². The maximum Gasteiger partial charge on any atom is 0.0434 e. The first-order valence-corrected chi connectivity index (χ1v) is 4.52. The van der Waals surface area contributed by atoms with Crippen LogP contribution in [0, 0.1) is 6.92 Å². The van der Waals surface area contributed by atoms with Crippen LogP contribution in [0.4, 0.5) is 5.69 Å². The Bertz CT molecular complexity index is 324. The highest BCUT2D eigenvalue weighted by molar-refractivity contribution is 5.46. The van der Waals surface area contributed by atoms with Gasteiger partial charge in [-0.2, -0.15) is 0 Å². The Hall–Kier alpha value is -1.67. The monoisotopic (exact) mass is 190 g/mol. The highest BCUT2D eigenvalue weighted by Gasteiger charge is 1.98. The van der Waals surface area contributed by atoms with Crippen LogP contribution in [0.15, 0.2) is 29.4 Å². The second-order valence-corrected chi connectivity index (χ2v) is 3.21. The number of hydrogen-bond acceptors (Lipinski definition) is 2. The lowest BCUT2D eigenvalue weighted by atomic mass is 10.2. The molecule has 0 spiro atoms. The summed E-state index contributed by atoms with van der Waals surface area (Å²) >= 11 is 0. The fourth-order valence-electron chi connectivity index (χ4n) is 1.17. The lowest BCUT2D eigenvalue weighted by Crippen LogP contribution is -2.20. The van der Waals surface area contributed by atoms with Crippen LogP contribution in [0.3, 0.4) is 0 Å². The summed E-state index contributed by atoms with van der Waals surface area (Å²) < 4.78 is 0. The Morgan fingerprint density at radius 2 is 2.00 bits per heavy atom. The summed E-state index contributed by atoms with van der Waals surface area (Å²) in [5, 5.41) is 3.49. The van der Waals surface area contributed by atoms with E-state index in [0.717, 1.165) is 12.2 Å². The van der Waals surface area contributed by atoms with Crippen LogP contribution < -0.4 is 4.90 Å². The number of likely N-dealkylation sites (N-methyl/N-ethyl adjacent to an activating group) is 1. The summed E-state index contributed by atoms with van der Waals surface area (Å²) in [5.41, 5.74) is 10.5. The number of anilines is 1. The van der Waals surface area contributed by atoms with Crippen LogP contribution in [-0.2, 0) is 0 Å². The van der Waals surface area contributed by atoms with E-state index in [0.29, 0.717) is 6.54 Å². The molecule has 0 amide bonds. The third-order valence-corrected chi connectivity index (χ3v) is 2.07. The molecule has 4 heteroatoms. The Morgan fingerprint density at radius 3 is 2.57 bits per heavy atom. The molecule has 0 aliphatic heterocycles. The second kappa shape index (κ2) is 5.14. The van der Waals surface area contributed by atoms with Crippen molar-refractivity contribution in [2.45, 2.75) is 6.92 Å². The van der Waals surface area contributed by atoms with Crippen molar-refractivity contribution in [3.8, 4) is 0 Å². The van der Waals surface area contributed by atoms with Gasteiger partial charge in [-0.3, -0.25) is 0 Å². The molecule has 4 nitrogen and oxygen atoms in total. The van der Waals surface area contributed by atoms with Gasteiger partial charge in [0.25, 0.3) is 0 Å². The van der Waals surface area contributed by atoms with Crippen molar-refractivity contribution in [2.24, 2.45) is 5.11 Å². The molecule has 0 aliphatic rings. The molecule has 0 aliphatic carbocycles. The molecule has 0 saturated heterocycles.